The minimum atomic E-state index is -0.674. The lowest BCUT2D eigenvalue weighted by atomic mass is 9.96. The van der Waals surface area contributed by atoms with Crippen LogP contribution in [-0.4, -0.2) is 47.4 Å². The number of nitrogens with zero attached hydrogens (tertiary/aromatic N) is 1. The molecule has 1 saturated carbocycles. The van der Waals surface area contributed by atoms with E-state index < -0.39 is 6.04 Å². The van der Waals surface area contributed by atoms with Crippen molar-refractivity contribution < 1.29 is 14.4 Å². The van der Waals surface area contributed by atoms with Crippen LogP contribution in [0.2, 0.25) is 0 Å². The number of para-hydroxylation sites is 1. The molecule has 4 rings (SSSR count). The molecule has 2 atom stereocenters. The first-order valence-corrected chi connectivity index (χ1v) is 9.41. The van der Waals surface area contributed by atoms with Gasteiger partial charge in [0.2, 0.25) is 5.91 Å². The van der Waals surface area contributed by atoms with Crippen molar-refractivity contribution in [1.29, 1.82) is 0 Å². The van der Waals surface area contributed by atoms with Gasteiger partial charge in [-0.1, -0.05) is 31.4 Å². The minimum absolute atomic E-state index is 0.166. The summed E-state index contributed by atoms with van der Waals surface area (Å²) in [6, 6.07) is 5.93. The van der Waals surface area contributed by atoms with E-state index in [1.807, 2.05) is 0 Å². The maximum absolute atomic E-state index is 12.8. The number of carbonyl (C=O) groups excluding carboxylic acids is 3. The first-order valence-electron chi connectivity index (χ1n) is 9.41. The molecule has 7 heteroatoms. The quantitative estimate of drug-likeness (QED) is 0.755. The summed E-state index contributed by atoms with van der Waals surface area (Å²) < 4.78 is 0. The summed E-state index contributed by atoms with van der Waals surface area (Å²) in [6.07, 6.45) is 6.08. The highest BCUT2D eigenvalue weighted by Gasteiger charge is 2.45. The third-order valence-electron chi connectivity index (χ3n) is 5.60. The van der Waals surface area contributed by atoms with Crippen LogP contribution in [-0.2, 0) is 4.79 Å². The number of hydrogen-bond acceptors (Lipinski definition) is 3. The van der Waals surface area contributed by atoms with Crippen molar-refractivity contribution in [3.63, 3.8) is 0 Å². The number of anilines is 1. The van der Waals surface area contributed by atoms with Gasteiger partial charge in [0.25, 0.3) is 5.91 Å². The summed E-state index contributed by atoms with van der Waals surface area (Å²) in [5.74, 6) is -0.412. The number of rotatable bonds is 2. The van der Waals surface area contributed by atoms with Crippen molar-refractivity contribution in [2.75, 3.05) is 11.9 Å². The third-order valence-corrected chi connectivity index (χ3v) is 5.60. The molecule has 4 amide bonds. The smallest absolute Gasteiger partial charge is 0.315 e. The summed E-state index contributed by atoms with van der Waals surface area (Å²) in [5.41, 5.74) is 1.03. The van der Waals surface area contributed by atoms with E-state index in [0.29, 0.717) is 24.2 Å². The van der Waals surface area contributed by atoms with E-state index >= 15 is 0 Å². The molecule has 26 heavy (non-hydrogen) atoms. The van der Waals surface area contributed by atoms with Gasteiger partial charge in [-0.05, 0) is 31.4 Å². The molecule has 2 fully saturated rings. The van der Waals surface area contributed by atoms with Gasteiger partial charge in [-0.15, -0.1) is 0 Å². The molecule has 3 N–H and O–H groups in total. The summed E-state index contributed by atoms with van der Waals surface area (Å²) in [4.78, 5) is 39.5. The van der Waals surface area contributed by atoms with Crippen LogP contribution >= 0.6 is 0 Å². The molecule has 1 aromatic rings. The highest BCUT2D eigenvalue weighted by molar-refractivity contribution is 6.10. The maximum Gasteiger partial charge on any atom is 0.315 e. The first-order chi connectivity index (χ1) is 12.6. The Morgan fingerprint density at radius 2 is 1.81 bits per heavy atom. The molecule has 0 aromatic heterocycles. The Hall–Kier alpha value is -2.57. The Kier molecular flexibility index (Phi) is 4.53. The third kappa shape index (κ3) is 3.13. The molecular weight excluding hydrogens is 332 g/mol. The largest absolute Gasteiger partial charge is 0.335 e. The van der Waals surface area contributed by atoms with E-state index in [4.69, 9.17) is 0 Å². The topological polar surface area (TPSA) is 90.5 Å². The molecule has 1 aromatic carbocycles. The second kappa shape index (κ2) is 6.97. The molecule has 0 radical (unpaired) electrons. The van der Waals surface area contributed by atoms with Gasteiger partial charge in [0.05, 0.1) is 17.3 Å². The van der Waals surface area contributed by atoms with Crippen molar-refractivity contribution >= 4 is 23.5 Å². The number of hydrogen-bond donors (Lipinski definition) is 3. The van der Waals surface area contributed by atoms with Crippen LogP contribution in [0.4, 0.5) is 10.5 Å². The number of benzene rings is 1. The highest BCUT2D eigenvalue weighted by atomic mass is 16.2. The van der Waals surface area contributed by atoms with Crippen LogP contribution in [0.25, 0.3) is 0 Å². The van der Waals surface area contributed by atoms with Gasteiger partial charge in [-0.2, -0.15) is 0 Å². The average Bonchev–Trinajstić information content (AvgIpc) is 3.01. The van der Waals surface area contributed by atoms with Crippen LogP contribution in [0.1, 0.15) is 48.9 Å². The molecule has 1 aliphatic carbocycles. The Morgan fingerprint density at radius 3 is 2.62 bits per heavy atom. The van der Waals surface area contributed by atoms with E-state index in [1.165, 1.54) is 6.42 Å². The number of nitrogens with one attached hydrogen (secondary N) is 3. The molecule has 1 saturated heterocycles. The van der Waals surface area contributed by atoms with E-state index in [1.54, 1.807) is 29.2 Å². The normalized spacial score (nSPS) is 25.8. The lowest BCUT2D eigenvalue weighted by molar-refractivity contribution is -0.120. The Bertz CT molecular complexity index is 729. The first kappa shape index (κ1) is 16.9. The van der Waals surface area contributed by atoms with Crippen LogP contribution in [0, 0.1) is 0 Å². The van der Waals surface area contributed by atoms with E-state index in [2.05, 4.69) is 16.0 Å². The van der Waals surface area contributed by atoms with Crippen LogP contribution in [0.15, 0.2) is 24.3 Å². The van der Waals surface area contributed by atoms with Gasteiger partial charge in [-0.25, -0.2) is 4.79 Å². The monoisotopic (exact) mass is 356 g/mol. The molecule has 7 nitrogen and oxygen atoms in total. The number of fused-ring (bicyclic) bond motifs is 2. The zero-order chi connectivity index (χ0) is 18.1. The van der Waals surface area contributed by atoms with Gasteiger partial charge in [-0.3, -0.25) is 9.59 Å². The molecule has 3 aliphatic rings. The Morgan fingerprint density at radius 1 is 1.04 bits per heavy atom. The van der Waals surface area contributed by atoms with Gasteiger partial charge in [0.1, 0.15) is 6.04 Å². The molecule has 2 heterocycles. The van der Waals surface area contributed by atoms with Gasteiger partial charge < -0.3 is 20.9 Å². The minimum Gasteiger partial charge on any atom is -0.335 e. The maximum atomic E-state index is 12.8. The lowest BCUT2D eigenvalue weighted by Gasteiger charge is -2.27. The zero-order valence-electron chi connectivity index (χ0n) is 14.7. The van der Waals surface area contributed by atoms with Crippen LogP contribution in [0.5, 0.6) is 0 Å². The van der Waals surface area contributed by atoms with E-state index in [9.17, 15) is 14.4 Å². The van der Waals surface area contributed by atoms with Crippen molar-refractivity contribution in [1.82, 2.24) is 15.5 Å². The number of urea groups is 1. The Balaban J connectivity index is 1.46. The molecule has 138 valence electrons. The van der Waals surface area contributed by atoms with Gasteiger partial charge in [0.15, 0.2) is 0 Å². The van der Waals surface area contributed by atoms with E-state index in [0.717, 1.165) is 25.7 Å². The van der Waals surface area contributed by atoms with Crippen molar-refractivity contribution in [2.45, 2.75) is 56.7 Å². The highest BCUT2D eigenvalue weighted by Crippen LogP contribution is 2.29. The summed E-state index contributed by atoms with van der Waals surface area (Å²) >= 11 is 0. The predicted molar refractivity (Wildman–Crippen MR) is 96.8 cm³/mol. The van der Waals surface area contributed by atoms with E-state index in [-0.39, 0.29) is 29.9 Å². The molecule has 2 aliphatic heterocycles. The fourth-order valence-corrected chi connectivity index (χ4v) is 4.28. The number of carbonyl (C=O) groups is 3. The molecular formula is C19H24N4O3. The second-order valence-electron chi connectivity index (χ2n) is 7.33. The van der Waals surface area contributed by atoms with Crippen molar-refractivity contribution in [3.05, 3.63) is 29.8 Å². The summed E-state index contributed by atoms with van der Waals surface area (Å²) in [6.45, 7) is 0.458. The van der Waals surface area contributed by atoms with Gasteiger partial charge >= 0.3 is 6.03 Å². The Labute approximate surface area is 152 Å². The standard InChI is InChI=1S/C19H24N4O3/c24-17-16-15(22-19(26)20-12-6-2-1-3-7-12)10-11-23(16)18(25)13-8-4-5-9-14(13)21-17/h4-5,8-9,12,15-16H,1-3,6-7,10-11H2,(H,21,24)(H2,20,22,26)/t15-,16-/m0/s1. The predicted octanol–water partition coefficient (Wildman–Crippen LogP) is 1.85. The van der Waals surface area contributed by atoms with Crippen LogP contribution in [0.3, 0.4) is 0 Å². The molecule has 0 unspecified atom stereocenters. The lowest BCUT2D eigenvalue weighted by Crippen LogP contribution is -2.54. The number of amides is 4. The zero-order valence-corrected chi connectivity index (χ0v) is 14.7. The van der Waals surface area contributed by atoms with Crippen LogP contribution < -0.4 is 16.0 Å². The van der Waals surface area contributed by atoms with Crippen molar-refractivity contribution in [3.8, 4) is 0 Å². The average molecular weight is 356 g/mol. The molecule has 0 bridgehead atoms. The van der Waals surface area contributed by atoms with Gasteiger partial charge in [0, 0.05) is 12.6 Å². The summed E-state index contributed by atoms with van der Waals surface area (Å²) in [5, 5.41) is 8.78. The molecule has 0 spiro atoms. The second-order valence-corrected chi connectivity index (χ2v) is 7.33. The van der Waals surface area contributed by atoms with Crippen molar-refractivity contribution in [2.24, 2.45) is 0 Å². The fraction of sp³-hybridized carbons (Fsp3) is 0.526. The SMILES string of the molecule is O=C(NC1CCCCC1)N[C@H]1CCN2C(=O)c3ccccc3NC(=O)[C@H]12. The summed E-state index contributed by atoms with van der Waals surface area (Å²) in [7, 11) is 0. The fourth-order valence-electron chi connectivity index (χ4n) is 4.28.